The Morgan fingerprint density at radius 1 is 1.09 bits per heavy atom. The third-order valence-corrected chi connectivity index (χ3v) is 5.59. The van der Waals surface area contributed by atoms with E-state index in [2.05, 4.69) is 40.8 Å². The number of aryl methyl sites for hydroxylation is 2. The first kappa shape index (κ1) is 25.8. The number of rotatable bonds is 15. The van der Waals surface area contributed by atoms with Gasteiger partial charge < -0.3 is 20.9 Å². The van der Waals surface area contributed by atoms with E-state index in [4.69, 9.17) is 0 Å². The van der Waals surface area contributed by atoms with E-state index in [-0.39, 0.29) is 36.9 Å². The number of aromatic nitrogens is 1. The number of hydrogen-bond donors (Lipinski definition) is 3. The van der Waals surface area contributed by atoms with Crippen molar-refractivity contribution in [3.05, 3.63) is 29.6 Å². The zero-order chi connectivity index (χ0) is 23.3. The van der Waals surface area contributed by atoms with Crippen molar-refractivity contribution < 1.29 is 14.4 Å². The minimum atomic E-state index is -0.335. The van der Waals surface area contributed by atoms with Crippen molar-refractivity contribution in [3.63, 3.8) is 0 Å². The van der Waals surface area contributed by atoms with E-state index in [1.807, 2.05) is 6.07 Å². The predicted molar refractivity (Wildman–Crippen MR) is 125 cm³/mol. The molecule has 3 N–H and O–H groups in total. The number of carbonyl (C=O) groups excluding carboxylic acids is 3. The van der Waals surface area contributed by atoms with Gasteiger partial charge in [-0.25, -0.2) is 0 Å². The van der Waals surface area contributed by atoms with Gasteiger partial charge in [-0.2, -0.15) is 0 Å². The van der Waals surface area contributed by atoms with Crippen LogP contribution in [0.15, 0.2) is 18.3 Å². The molecule has 1 aromatic heterocycles. The molecule has 0 aliphatic heterocycles. The summed E-state index contributed by atoms with van der Waals surface area (Å²) in [4.78, 5) is 42.8. The first-order valence-corrected chi connectivity index (χ1v) is 11.9. The normalized spacial score (nSPS) is 14.0. The molecule has 3 amide bonds. The molecular formula is C24H39N5O3. The number of hydrogen-bond acceptors (Lipinski definition) is 5. The standard InChI is InChI=1S/C24H39N5O3/c1-4-8-18-9-6-14-25-20(18)10-7-15-26-21(30)16-28-22(31)17-29(3)24(32)23(19-11-12-19)27-13-5-2/h6,9,14,19,23,27H,4-5,7-8,10-13,15-17H2,1-3H3,(H,26,30)(H,28,31). The predicted octanol–water partition coefficient (Wildman–Crippen LogP) is 1.44. The monoisotopic (exact) mass is 445 g/mol. The van der Waals surface area contributed by atoms with Gasteiger partial charge in [0, 0.05) is 25.5 Å². The lowest BCUT2D eigenvalue weighted by molar-refractivity contribution is -0.137. The van der Waals surface area contributed by atoms with E-state index in [1.165, 1.54) is 10.5 Å². The Morgan fingerprint density at radius 2 is 1.88 bits per heavy atom. The maximum absolute atomic E-state index is 12.7. The van der Waals surface area contributed by atoms with Crippen molar-refractivity contribution in [2.45, 2.75) is 64.8 Å². The summed E-state index contributed by atoms with van der Waals surface area (Å²) in [7, 11) is 1.63. The average molecular weight is 446 g/mol. The molecule has 0 saturated heterocycles. The van der Waals surface area contributed by atoms with Gasteiger partial charge in [0.25, 0.3) is 0 Å². The molecule has 32 heavy (non-hydrogen) atoms. The van der Waals surface area contributed by atoms with E-state index in [1.54, 1.807) is 13.2 Å². The molecule has 1 fully saturated rings. The first-order chi connectivity index (χ1) is 15.5. The second-order valence-electron chi connectivity index (χ2n) is 8.55. The van der Waals surface area contributed by atoms with Gasteiger partial charge in [-0.3, -0.25) is 19.4 Å². The Balaban J connectivity index is 1.64. The smallest absolute Gasteiger partial charge is 0.240 e. The zero-order valence-corrected chi connectivity index (χ0v) is 19.8. The maximum Gasteiger partial charge on any atom is 0.240 e. The topological polar surface area (TPSA) is 103 Å². The van der Waals surface area contributed by atoms with Crippen LogP contribution in [0.3, 0.4) is 0 Å². The van der Waals surface area contributed by atoms with E-state index in [0.717, 1.165) is 57.2 Å². The highest BCUT2D eigenvalue weighted by molar-refractivity contribution is 5.89. The zero-order valence-electron chi connectivity index (χ0n) is 19.8. The molecule has 178 valence electrons. The van der Waals surface area contributed by atoms with Crippen LogP contribution in [0.25, 0.3) is 0 Å². The van der Waals surface area contributed by atoms with Gasteiger partial charge in [0.05, 0.1) is 19.1 Å². The van der Waals surface area contributed by atoms with Crippen molar-refractivity contribution in [1.29, 1.82) is 0 Å². The quantitative estimate of drug-likeness (QED) is 0.355. The fourth-order valence-corrected chi connectivity index (χ4v) is 3.69. The lowest BCUT2D eigenvalue weighted by atomic mass is 10.1. The number of pyridine rings is 1. The molecular weight excluding hydrogens is 406 g/mol. The molecule has 1 heterocycles. The molecule has 0 radical (unpaired) electrons. The maximum atomic E-state index is 12.7. The van der Waals surface area contributed by atoms with Crippen LogP contribution in [0.2, 0.25) is 0 Å². The molecule has 8 nitrogen and oxygen atoms in total. The second-order valence-corrected chi connectivity index (χ2v) is 8.55. The van der Waals surface area contributed by atoms with Crippen LogP contribution in [0, 0.1) is 5.92 Å². The van der Waals surface area contributed by atoms with Crippen LogP contribution in [0.5, 0.6) is 0 Å². The van der Waals surface area contributed by atoms with Crippen LogP contribution in [-0.4, -0.2) is 66.9 Å². The third-order valence-electron chi connectivity index (χ3n) is 5.59. The number of nitrogens with one attached hydrogen (secondary N) is 3. The summed E-state index contributed by atoms with van der Waals surface area (Å²) in [6, 6.07) is 3.85. The van der Waals surface area contributed by atoms with Gasteiger partial charge in [-0.05, 0) is 62.6 Å². The van der Waals surface area contributed by atoms with Crippen molar-refractivity contribution in [2.24, 2.45) is 5.92 Å². The highest BCUT2D eigenvalue weighted by Crippen LogP contribution is 2.33. The minimum Gasteiger partial charge on any atom is -0.355 e. The Labute approximate surface area is 191 Å². The molecule has 1 unspecified atom stereocenters. The Kier molecular flexibility index (Phi) is 11.1. The number of likely N-dealkylation sites (N-methyl/N-ethyl adjacent to an activating group) is 1. The molecule has 8 heteroatoms. The van der Waals surface area contributed by atoms with Gasteiger partial charge in [0.15, 0.2) is 0 Å². The SMILES string of the molecule is CCCNC(C(=O)N(C)CC(=O)NCC(=O)NCCCc1ncccc1CCC)C1CC1. The van der Waals surface area contributed by atoms with Gasteiger partial charge in [0.2, 0.25) is 17.7 Å². The number of nitrogens with zero attached hydrogens (tertiary/aromatic N) is 2. The first-order valence-electron chi connectivity index (χ1n) is 11.9. The number of carbonyl (C=O) groups is 3. The van der Waals surface area contributed by atoms with Crippen molar-refractivity contribution in [2.75, 3.05) is 33.2 Å². The van der Waals surface area contributed by atoms with Crippen LogP contribution in [-0.2, 0) is 27.2 Å². The lowest BCUT2D eigenvalue weighted by Gasteiger charge is -2.24. The van der Waals surface area contributed by atoms with E-state index >= 15 is 0 Å². The molecule has 1 aliphatic rings. The van der Waals surface area contributed by atoms with E-state index < -0.39 is 0 Å². The fraction of sp³-hybridized carbons (Fsp3) is 0.667. The molecule has 1 aliphatic carbocycles. The van der Waals surface area contributed by atoms with Gasteiger partial charge in [0.1, 0.15) is 0 Å². The highest BCUT2D eigenvalue weighted by Gasteiger charge is 2.37. The van der Waals surface area contributed by atoms with E-state index in [0.29, 0.717) is 12.5 Å². The molecule has 1 saturated carbocycles. The summed E-state index contributed by atoms with van der Waals surface area (Å²) in [6.07, 6.45) is 8.54. The molecule has 0 spiro atoms. The Morgan fingerprint density at radius 3 is 2.56 bits per heavy atom. The highest BCUT2D eigenvalue weighted by atomic mass is 16.2. The van der Waals surface area contributed by atoms with Crippen LogP contribution < -0.4 is 16.0 Å². The average Bonchev–Trinajstić information content (AvgIpc) is 3.62. The van der Waals surface area contributed by atoms with Gasteiger partial charge in [-0.15, -0.1) is 0 Å². The van der Waals surface area contributed by atoms with Crippen LogP contribution in [0.4, 0.5) is 0 Å². The summed E-state index contributed by atoms with van der Waals surface area (Å²) >= 11 is 0. The Hall–Kier alpha value is -2.48. The largest absolute Gasteiger partial charge is 0.355 e. The summed E-state index contributed by atoms with van der Waals surface area (Å²) in [5.41, 5.74) is 2.35. The molecule has 0 bridgehead atoms. The molecule has 2 rings (SSSR count). The Bertz CT molecular complexity index is 751. The van der Waals surface area contributed by atoms with Gasteiger partial charge in [-0.1, -0.05) is 26.3 Å². The van der Waals surface area contributed by atoms with Crippen molar-refractivity contribution >= 4 is 17.7 Å². The van der Waals surface area contributed by atoms with Crippen molar-refractivity contribution in [1.82, 2.24) is 25.8 Å². The molecule has 1 atom stereocenters. The van der Waals surface area contributed by atoms with Crippen LogP contribution >= 0.6 is 0 Å². The number of amides is 3. The molecule has 0 aromatic carbocycles. The summed E-state index contributed by atoms with van der Waals surface area (Å²) < 4.78 is 0. The van der Waals surface area contributed by atoms with E-state index in [9.17, 15) is 14.4 Å². The second kappa shape index (κ2) is 13.8. The summed E-state index contributed by atoms with van der Waals surface area (Å²) in [6.45, 7) is 5.38. The van der Waals surface area contributed by atoms with Crippen LogP contribution in [0.1, 0.15) is 57.2 Å². The molecule has 1 aromatic rings. The summed E-state index contributed by atoms with van der Waals surface area (Å²) in [5.74, 6) is -0.256. The minimum absolute atomic E-state index is 0.0526. The summed E-state index contributed by atoms with van der Waals surface area (Å²) in [5, 5.41) is 8.73. The third kappa shape index (κ3) is 8.94. The van der Waals surface area contributed by atoms with Crippen molar-refractivity contribution in [3.8, 4) is 0 Å². The fourth-order valence-electron chi connectivity index (χ4n) is 3.69. The van der Waals surface area contributed by atoms with Gasteiger partial charge >= 0.3 is 0 Å². The lowest BCUT2D eigenvalue weighted by Crippen LogP contribution is -2.50.